The molecule has 9 heteroatoms. The lowest BCUT2D eigenvalue weighted by Gasteiger charge is -2.24. The number of fused-ring (bicyclic) bond motifs is 2. The largest absolute Gasteiger partial charge is 0.354 e. The fourth-order valence-electron chi connectivity index (χ4n) is 3.70. The normalized spacial score (nSPS) is 15.0. The Morgan fingerprint density at radius 3 is 2.47 bits per heavy atom. The van der Waals surface area contributed by atoms with Crippen LogP contribution in [0.1, 0.15) is 26.3 Å². The smallest absolute Gasteiger partial charge is 0.259 e. The summed E-state index contributed by atoms with van der Waals surface area (Å²) in [5.74, 6) is -1.32. The monoisotopic (exact) mass is 482 g/mol. The number of nitrogens with one attached hydrogen (secondary N) is 1. The number of ether oxygens (including phenoxy) is 2. The number of amides is 2. The Bertz CT molecular complexity index is 1260. The van der Waals surface area contributed by atoms with Crippen molar-refractivity contribution in [1.82, 2.24) is 5.32 Å². The molecular formula is C25H23FN2O5S. The topological polar surface area (TPSA) is 84.9 Å². The number of halogens is 1. The van der Waals surface area contributed by atoms with Crippen molar-refractivity contribution in [3.05, 3.63) is 89.2 Å². The number of anilines is 1. The molecule has 7 nitrogen and oxygen atoms in total. The first-order chi connectivity index (χ1) is 16.4. The molecule has 3 aromatic rings. The lowest BCUT2D eigenvalue weighted by molar-refractivity contribution is -0.0974. The maximum atomic E-state index is 14.5. The third kappa shape index (κ3) is 4.63. The number of rotatable bonds is 7. The Kier molecular flexibility index (Phi) is 7.16. The Morgan fingerprint density at radius 1 is 1.03 bits per heavy atom. The second-order valence-corrected chi connectivity index (χ2v) is 8.96. The number of carbonyl (C=O) groups is 2. The molecule has 0 radical (unpaired) electrons. The lowest BCUT2D eigenvalue weighted by Crippen LogP contribution is -2.34. The van der Waals surface area contributed by atoms with E-state index in [0.717, 1.165) is 0 Å². The van der Waals surface area contributed by atoms with Crippen LogP contribution in [0.4, 0.5) is 10.1 Å². The van der Waals surface area contributed by atoms with Crippen molar-refractivity contribution in [1.29, 1.82) is 0 Å². The molecule has 3 aromatic carbocycles. The first kappa shape index (κ1) is 23.7. The minimum Gasteiger partial charge on any atom is -0.354 e. The zero-order chi connectivity index (χ0) is 24.2. The summed E-state index contributed by atoms with van der Waals surface area (Å²) in [6, 6.07) is 17.4. The molecule has 4 rings (SSSR count). The van der Waals surface area contributed by atoms with Crippen LogP contribution in [0.15, 0.2) is 76.5 Å². The maximum absolute atomic E-state index is 14.5. The zero-order valence-corrected chi connectivity index (χ0v) is 19.4. The van der Waals surface area contributed by atoms with Crippen LogP contribution >= 0.6 is 0 Å². The van der Waals surface area contributed by atoms with Crippen LogP contribution < -0.4 is 10.2 Å². The number of methoxy groups -OCH3 is 2. The highest BCUT2D eigenvalue weighted by Gasteiger charge is 2.32. The van der Waals surface area contributed by atoms with Crippen LogP contribution in [-0.2, 0) is 26.8 Å². The summed E-state index contributed by atoms with van der Waals surface area (Å²) >= 11 is 0. The number of benzene rings is 3. The quantitative estimate of drug-likeness (QED) is 0.521. The summed E-state index contributed by atoms with van der Waals surface area (Å²) in [5, 5.41) is 2.71. The lowest BCUT2D eigenvalue weighted by atomic mass is 10.1. The molecule has 176 valence electrons. The van der Waals surface area contributed by atoms with Gasteiger partial charge in [0, 0.05) is 25.3 Å². The SMILES string of the molecule is COC(CNC(=O)c1ccc2c(c1)N(Cc1ccccc1F)C(=O)c1ccccc1[S@@]2=O)OC. The van der Waals surface area contributed by atoms with Gasteiger partial charge in [0.25, 0.3) is 11.8 Å². The molecule has 0 unspecified atom stereocenters. The molecule has 1 heterocycles. The summed E-state index contributed by atoms with van der Waals surface area (Å²) in [6.07, 6.45) is -0.620. The highest BCUT2D eigenvalue weighted by molar-refractivity contribution is 7.85. The average Bonchev–Trinajstić information content (AvgIpc) is 2.95. The van der Waals surface area contributed by atoms with E-state index in [2.05, 4.69) is 5.32 Å². The molecule has 1 N–H and O–H groups in total. The van der Waals surface area contributed by atoms with E-state index in [0.29, 0.717) is 15.4 Å². The summed E-state index contributed by atoms with van der Waals surface area (Å²) in [4.78, 5) is 28.4. The number of hydrogen-bond acceptors (Lipinski definition) is 5. The number of nitrogens with zero attached hydrogens (tertiary/aromatic N) is 1. The van der Waals surface area contributed by atoms with E-state index in [1.165, 1.54) is 31.3 Å². The van der Waals surface area contributed by atoms with Crippen LogP contribution in [-0.4, -0.2) is 43.1 Å². The number of hydrogen-bond donors (Lipinski definition) is 1. The summed E-state index contributed by atoms with van der Waals surface area (Å²) in [5.41, 5.74) is 1.09. The Hall–Kier alpha value is -3.40. The highest BCUT2D eigenvalue weighted by atomic mass is 32.2. The average molecular weight is 483 g/mol. The van der Waals surface area contributed by atoms with Crippen molar-refractivity contribution < 1.29 is 27.7 Å². The van der Waals surface area contributed by atoms with E-state index < -0.39 is 34.7 Å². The van der Waals surface area contributed by atoms with Gasteiger partial charge in [0.1, 0.15) is 5.82 Å². The third-order valence-electron chi connectivity index (χ3n) is 5.52. The van der Waals surface area contributed by atoms with E-state index in [-0.39, 0.29) is 29.9 Å². The van der Waals surface area contributed by atoms with Gasteiger partial charge in [-0.2, -0.15) is 0 Å². The van der Waals surface area contributed by atoms with Gasteiger partial charge >= 0.3 is 0 Å². The summed E-state index contributed by atoms with van der Waals surface area (Å²) in [7, 11) is 1.24. The fraction of sp³-hybridized carbons (Fsp3) is 0.200. The minimum absolute atomic E-state index is 0.0927. The van der Waals surface area contributed by atoms with Crippen LogP contribution in [0.5, 0.6) is 0 Å². The van der Waals surface area contributed by atoms with Crippen LogP contribution in [0.2, 0.25) is 0 Å². The van der Waals surface area contributed by atoms with Crippen molar-refractivity contribution >= 4 is 28.3 Å². The molecule has 0 aromatic heterocycles. The second kappa shape index (κ2) is 10.3. The van der Waals surface area contributed by atoms with Gasteiger partial charge < -0.3 is 19.7 Å². The van der Waals surface area contributed by atoms with Crippen molar-refractivity contribution in [2.45, 2.75) is 22.6 Å². The Morgan fingerprint density at radius 2 is 1.74 bits per heavy atom. The molecule has 0 saturated heterocycles. The van der Waals surface area contributed by atoms with Crippen molar-refractivity contribution in [2.75, 3.05) is 25.7 Å². The second-order valence-electron chi connectivity index (χ2n) is 7.54. The van der Waals surface area contributed by atoms with Crippen molar-refractivity contribution in [2.24, 2.45) is 0 Å². The van der Waals surface area contributed by atoms with Crippen LogP contribution in [0, 0.1) is 5.82 Å². The van der Waals surface area contributed by atoms with E-state index in [1.807, 2.05) is 0 Å². The van der Waals surface area contributed by atoms with Gasteiger partial charge in [-0.05, 0) is 36.4 Å². The molecule has 0 saturated carbocycles. The molecule has 1 aliphatic heterocycles. The van der Waals surface area contributed by atoms with Gasteiger partial charge in [-0.25, -0.2) is 8.60 Å². The van der Waals surface area contributed by atoms with E-state index in [1.54, 1.807) is 54.6 Å². The van der Waals surface area contributed by atoms with Crippen LogP contribution in [0.25, 0.3) is 0 Å². The van der Waals surface area contributed by atoms with E-state index >= 15 is 0 Å². The molecule has 0 spiro atoms. The Labute approximate surface area is 198 Å². The Balaban J connectivity index is 1.78. The molecule has 0 aliphatic carbocycles. The van der Waals surface area contributed by atoms with Crippen LogP contribution in [0.3, 0.4) is 0 Å². The van der Waals surface area contributed by atoms with Crippen molar-refractivity contribution in [3.63, 3.8) is 0 Å². The van der Waals surface area contributed by atoms with Gasteiger partial charge in [-0.15, -0.1) is 0 Å². The zero-order valence-electron chi connectivity index (χ0n) is 18.6. The van der Waals surface area contributed by atoms with Gasteiger partial charge in [0.05, 0.1) is 44.9 Å². The first-order valence-corrected chi connectivity index (χ1v) is 11.6. The molecule has 1 aliphatic rings. The molecule has 2 amide bonds. The third-order valence-corrected chi connectivity index (χ3v) is 7.02. The van der Waals surface area contributed by atoms with Gasteiger partial charge in [-0.1, -0.05) is 30.3 Å². The molecular weight excluding hydrogens is 459 g/mol. The molecule has 1 atom stereocenters. The van der Waals surface area contributed by atoms with Gasteiger partial charge in [0.15, 0.2) is 6.29 Å². The summed E-state index contributed by atoms with van der Waals surface area (Å²) in [6.45, 7) is 0.0166. The standard InChI is InChI=1S/C25H23FN2O5S/c1-32-23(33-2)14-27-24(29)16-11-12-22-20(13-16)28(15-17-7-3-5-9-19(17)26)25(30)18-8-4-6-10-21(18)34(22)31/h3-13,23H,14-15H2,1-2H3,(H,27,29)/t34-/m0/s1. The highest BCUT2D eigenvalue weighted by Crippen LogP contribution is 2.36. The number of carbonyl (C=O) groups excluding carboxylic acids is 2. The summed E-state index contributed by atoms with van der Waals surface area (Å²) < 4.78 is 38.1. The molecule has 34 heavy (non-hydrogen) atoms. The van der Waals surface area contributed by atoms with Gasteiger partial charge in [-0.3, -0.25) is 9.59 Å². The predicted molar refractivity (Wildman–Crippen MR) is 125 cm³/mol. The van der Waals surface area contributed by atoms with Crippen molar-refractivity contribution in [3.8, 4) is 0 Å². The minimum atomic E-state index is -1.68. The van der Waals surface area contributed by atoms with E-state index in [4.69, 9.17) is 9.47 Å². The predicted octanol–water partition coefficient (Wildman–Crippen LogP) is 3.50. The first-order valence-electron chi connectivity index (χ1n) is 10.5. The fourth-order valence-corrected chi connectivity index (χ4v) is 5.04. The molecule has 0 fully saturated rings. The van der Waals surface area contributed by atoms with Gasteiger partial charge in [0.2, 0.25) is 0 Å². The maximum Gasteiger partial charge on any atom is 0.259 e. The van der Waals surface area contributed by atoms with E-state index in [9.17, 15) is 18.2 Å². The molecule has 0 bridgehead atoms.